The molecule has 5 rings (SSSR count). The van der Waals surface area contributed by atoms with E-state index < -0.39 is 5.82 Å². The van der Waals surface area contributed by atoms with Gasteiger partial charge >= 0.3 is 0 Å². The number of anilines is 2. The highest BCUT2D eigenvalue weighted by atomic mass is 32.2. The van der Waals surface area contributed by atoms with Crippen LogP contribution in [0.1, 0.15) is 29.0 Å². The molecule has 3 aliphatic heterocycles. The summed E-state index contributed by atoms with van der Waals surface area (Å²) < 4.78 is 27.4. The summed E-state index contributed by atoms with van der Waals surface area (Å²) in [7, 11) is 0. The van der Waals surface area contributed by atoms with E-state index in [0.717, 1.165) is 42.9 Å². The molecule has 2 aromatic carbocycles. The van der Waals surface area contributed by atoms with Crippen LogP contribution in [-0.2, 0) is 12.3 Å². The van der Waals surface area contributed by atoms with Crippen LogP contribution in [0.25, 0.3) is 0 Å². The van der Waals surface area contributed by atoms with Gasteiger partial charge in [0.2, 0.25) is 0 Å². The minimum Gasteiger partial charge on any atom is -0.381 e. The van der Waals surface area contributed by atoms with Gasteiger partial charge < -0.3 is 15.5 Å². The quantitative estimate of drug-likeness (QED) is 0.830. The van der Waals surface area contributed by atoms with E-state index in [0.29, 0.717) is 17.5 Å². The molecule has 6 heteroatoms. The lowest BCUT2D eigenvalue weighted by Crippen LogP contribution is -2.44. The lowest BCUT2D eigenvalue weighted by molar-refractivity contribution is 0.406. The third-order valence-corrected chi connectivity index (χ3v) is 6.96. The minimum atomic E-state index is -0.406. The molecule has 2 N–H and O–H groups in total. The molecule has 0 amide bonds. The Balaban J connectivity index is 1.47. The van der Waals surface area contributed by atoms with Gasteiger partial charge in [0.15, 0.2) is 0 Å². The Labute approximate surface area is 162 Å². The van der Waals surface area contributed by atoms with E-state index in [2.05, 4.69) is 27.7 Å². The van der Waals surface area contributed by atoms with Gasteiger partial charge in [0.1, 0.15) is 11.6 Å². The van der Waals surface area contributed by atoms with Crippen LogP contribution in [0.2, 0.25) is 0 Å². The maximum Gasteiger partial charge on any atom is 0.128 e. The van der Waals surface area contributed by atoms with E-state index in [4.69, 9.17) is 0 Å². The molecule has 3 heterocycles. The van der Waals surface area contributed by atoms with Gasteiger partial charge in [-0.3, -0.25) is 0 Å². The van der Waals surface area contributed by atoms with Gasteiger partial charge in [-0.25, -0.2) is 8.78 Å². The number of fused-ring (bicyclic) bond motifs is 3. The van der Waals surface area contributed by atoms with Gasteiger partial charge in [-0.15, -0.1) is 0 Å². The maximum absolute atomic E-state index is 13.9. The van der Waals surface area contributed by atoms with Gasteiger partial charge in [-0.1, -0.05) is 0 Å². The van der Waals surface area contributed by atoms with E-state index in [1.165, 1.54) is 35.4 Å². The van der Waals surface area contributed by atoms with E-state index >= 15 is 0 Å². The van der Waals surface area contributed by atoms with Gasteiger partial charge in [-0.2, -0.15) is 11.8 Å². The maximum atomic E-state index is 13.9. The zero-order chi connectivity index (χ0) is 18.4. The van der Waals surface area contributed by atoms with Crippen LogP contribution < -0.4 is 15.5 Å². The molecule has 2 atom stereocenters. The van der Waals surface area contributed by atoms with Crippen molar-refractivity contribution in [3.05, 3.63) is 58.7 Å². The number of piperidine rings is 1. The summed E-state index contributed by atoms with van der Waals surface area (Å²) in [6.45, 7) is 3.50. The van der Waals surface area contributed by atoms with Crippen LogP contribution in [0, 0.1) is 11.6 Å². The summed E-state index contributed by atoms with van der Waals surface area (Å²) in [5.74, 6) is 1.90. The Kier molecular flexibility index (Phi) is 4.48. The molecule has 0 aromatic heterocycles. The first-order valence-corrected chi connectivity index (χ1v) is 10.8. The molecule has 2 aromatic rings. The summed E-state index contributed by atoms with van der Waals surface area (Å²) >= 11 is 1.98. The first kappa shape index (κ1) is 17.3. The van der Waals surface area contributed by atoms with E-state index in [1.54, 1.807) is 0 Å². The summed E-state index contributed by atoms with van der Waals surface area (Å²) in [6, 6.07) is 8.64. The summed E-state index contributed by atoms with van der Waals surface area (Å²) in [4.78, 5) is 2.63. The fraction of sp³-hybridized carbons (Fsp3) is 0.429. The smallest absolute Gasteiger partial charge is 0.128 e. The number of hydrogen-bond donors (Lipinski definition) is 2. The lowest BCUT2D eigenvalue weighted by Gasteiger charge is -2.33. The first-order valence-electron chi connectivity index (χ1n) is 9.60. The predicted molar refractivity (Wildman–Crippen MR) is 108 cm³/mol. The van der Waals surface area contributed by atoms with Crippen molar-refractivity contribution in [2.45, 2.75) is 30.7 Å². The summed E-state index contributed by atoms with van der Waals surface area (Å²) in [5.41, 5.74) is 5.57. The summed E-state index contributed by atoms with van der Waals surface area (Å²) in [5, 5.41) is 6.88. The Morgan fingerprint density at radius 3 is 3.07 bits per heavy atom. The molecule has 0 saturated carbocycles. The van der Waals surface area contributed by atoms with Crippen LogP contribution in [0.15, 0.2) is 30.3 Å². The zero-order valence-corrected chi connectivity index (χ0v) is 15.9. The molecular weight excluding hydrogens is 364 g/mol. The highest BCUT2D eigenvalue weighted by Crippen LogP contribution is 2.48. The largest absolute Gasteiger partial charge is 0.381 e. The second-order valence-corrected chi connectivity index (χ2v) is 8.68. The van der Waals surface area contributed by atoms with E-state index in [-0.39, 0.29) is 12.4 Å². The van der Waals surface area contributed by atoms with Crippen molar-refractivity contribution in [2.75, 3.05) is 35.6 Å². The molecule has 0 radical (unpaired) electrons. The Hall–Kier alpha value is -1.79. The highest BCUT2D eigenvalue weighted by Gasteiger charge is 2.41. The average Bonchev–Trinajstić information content (AvgIpc) is 2.84. The van der Waals surface area contributed by atoms with Crippen molar-refractivity contribution < 1.29 is 8.78 Å². The number of nitrogens with one attached hydrogen (secondary N) is 2. The SMILES string of the molecule is Fc1ccc(F)c(CNc2cc3c4c(c2)[C@@H]2CNCC[C@@H]2N4CCSC3)c1. The van der Waals surface area contributed by atoms with Crippen molar-refractivity contribution in [1.82, 2.24) is 5.32 Å². The van der Waals surface area contributed by atoms with Crippen molar-refractivity contribution in [1.29, 1.82) is 0 Å². The van der Waals surface area contributed by atoms with Crippen LogP contribution in [0.4, 0.5) is 20.2 Å². The number of rotatable bonds is 3. The third-order valence-electron chi connectivity index (χ3n) is 5.98. The van der Waals surface area contributed by atoms with Crippen molar-refractivity contribution in [3.63, 3.8) is 0 Å². The number of benzene rings is 2. The molecule has 3 aliphatic rings. The molecule has 3 nitrogen and oxygen atoms in total. The van der Waals surface area contributed by atoms with Gasteiger partial charge in [0.05, 0.1) is 0 Å². The monoisotopic (exact) mass is 387 g/mol. The number of hydrogen-bond acceptors (Lipinski definition) is 4. The lowest BCUT2D eigenvalue weighted by atomic mass is 9.89. The zero-order valence-electron chi connectivity index (χ0n) is 15.1. The van der Waals surface area contributed by atoms with E-state index in [1.807, 2.05) is 11.8 Å². The molecule has 27 heavy (non-hydrogen) atoms. The first-order chi connectivity index (χ1) is 13.2. The molecule has 142 valence electrons. The fourth-order valence-electron chi connectivity index (χ4n) is 4.76. The number of thioether (sulfide) groups is 1. The Bertz CT molecular complexity index is 873. The minimum absolute atomic E-state index is 0.283. The normalized spacial score (nSPS) is 23.6. The Morgan fingerprint density at radius 2 is 2.15 bits per heavy atom. The molecule has 1 saturated heterocycles. The van der Waals surface area contributed by atoms with Crippen molar-refractivity contribution >= 4 is 23.1 Å². The van der Waals surface area contributed by atoms with Crippen molar-refractivity contribution in [3.8, 4) is 0 Å². The Morgan fingerprint density at radius 1 is 1.22 bits per heavy atom. The standard InChI is InChI=1S/C21H23F2N3S/c22-15-1-2-19(23)13(7-15)10-25-16-8-14-12-27-6-5-26-20-3-4-24-11-18(20)17(9-16)21(14)26/h1-2,7-9,18,20,24-25H,3-6,10-12H2/t18-,20-/m0/s1. The summed E-state index contributed by atoms with van der Waals surface area (Å²) in [6.07, 6.45) is 1.18. The molecular formula is C21H23F2N3S. The third kappa shape index (κ3) is 3.09. The molecule has 0 unspecified atom stereocenters. The number of nitrogens with zero attached hydrogens (tertiary/aromatic N) is 1. The van der Waals surface area contributed by atoms with E-state index in [9.17, 15) is 8.78 Å². The second kappa shape index (κ2) is 6.99. The molecule has 0 spiro atoms. The van der Waals surface area contributed by atoms with Crippen LogP contribution in [-0.4, -0.2) is 31.4 Å². The second-order valence-electron chi connectivity index (χ2n) is 7.58. The van der Waals surface area contributed by atoms with Gasteiger partial charge in [0.25, 0.3) is 0 Å². The number of halogens is 2. The topological polar surface area (TPSA) is 27.3 Å². The predicted octanol–water partition coefficient (Wildman–Crippen LogP) is 4.09. The highest BCUT2D eigenvalue weighted by molar-refractivity contribution is 7.98. The van der Waals surface area contributed by atoms with Crippen LogP contribution in [0.3, 0.4) is 0 Å². The fourth-order valence-corrected chi connectivity index (χ4v) is 5.67. The van der Waals surface area contributed by atoms with Crippen LogP contribution in [0.5, 0.6) is 0 Å². The van der Waals surface area contributed by atoms with Crippen molar-refractivity contribution in [2.24, 2.45) is 0 Å². The molecule has 0 bridgehead atoms. The molecule has 1 fully saturated rings. The van der Waals surface area contributed by atoms with Gasteiger partial charge in [-0.05, 0) is 54.4 Å². The van der Waals surface area contributed by atoms with Gasteiger partial charge in [0, 0.05) is 60.0 Å². The average molecular weight is 387 g/mol. The van der Waals surface area contributed by atoms with Crippen LogP contribution >= 0.6 is 11.8 Å². The molecule has 0 aliphatic carbocycles.